The molecule has 0 radical (unpaired) electrons. The van der Waals surface area contributed by atoms with E-state index in [4.69, 9.17) is 0 Å². The van der Waals surface area contributed by atoms with Crippen molar-refractivity contribution in [2.75, 3.05) is 0 Å². The predicted octanol–water partition coefficient (Wildman–Crippen LogP) is 4.19. The second-order valence-electron chi connectivity index (χ2n) is 5.16. The van der Waals surface area contributed by atoms with Crippen molar-refractivity contribution in [2.24, 2.45) is 23.7 Å². The molecule has 14 heavy (non-hydrogen) atoms. The van der Waals surface area contributed by atoms with Gasteiger partial charge in [-0.2, -0.15) is 0 Å². The van der Waals surface area contributed by atoms with Gasteiger partial charge in [0.05, 0.1) is 0 Å². The minimum Gasteiger partial charge on any atom is -0.0851 e. The first-order valence-electron chi connectivity index (χ1n) is 6.07. The molecule has 0 aromatic heterocycles. The third-order valence-electron chi connectivity index (χ3n) is 4.20. The fraction of sp³-hybridized carbons (Fsp3) is 0.714. The highest BCUT2D eigenvalue weighted by atomic mass is 14.4. The van der Waals surface area contributed by atoms with Gasteiger partial charge in [-0.1, -0.05) is 37.6 Å². The summed E-state index contributed by atoms with van der Waals surface area (Å²) in [6, 6.07) is 0. The monoisotopic (exact) mass is 190 g/mol. The Morgan fingerprint density at radius 2 is 2.21 bits per heavy atom. The Morgan fingerprint density at radius 1 is 1.43 bits per heavy atom. The molecule has 1 saturated carbocycles. The molecule has 0 N–H and O–H groups in total. The van der Waals surface area contributed by atoms with Crippen molar-refractivity contribution in [1.29, 1.82) is 0 Å². The quantitative estimate of drug-likeness (QED) is 0.585. The molecule has 2 aliphatic rings. The van der Waals surface area contributed by atoms with Gasteiger partial charge in [0, 0.05) is 0 Å². The smallest absolute Gasteiger partial charge is 0.0162 e. The number of fused-ring (bicyclic) bond motifs is 2. The summed E-state index contributed by atoms with van der Waals surface area (Å²) in [6.07, 6.45) is 11.5. The van der Waals surface area contributed by atoms with Gasteiger partial charge in [0.1, 0.15) is 0 Å². The van der Waals surface area contributed by atoms with Crippen LogP contribution in [0.15, 0.2) is 23.8 Å². The molecule has 4 unspecified atom stereocenters. The van der Waals surface area contributed by atoms with Gasteiger partial charge in [-0.05, 0) is 49.9 Å². The SMILES string of the molecule is CCC(C)/C(C)=C/C1CC2C=CC1C2. The second-order valence-corrected chi connectivity index (χ2v) is 5.16. The molecule has 0 nitrogen and oxygen atoms in total. The van der Waals surface area contributed by atoms with E-state index in [9.17, 15) is 0 Å². The number of hydrogen-bond acceptors (Lipinski definition) is 0. The van der Waals surface area contributed by atoms with Crippen molar-refractivity contribution in [1.82, 2.24) is 0 Å². The highest BCUT2D eigenvalue weighted by molar-refractivity contribution is 5.17. The molecule has 0 spiro atoms. The lowest BCUT2D eigenvalue weighted by Crippen LogP contribution is -2.06. The molecule has 4 atom stereocenters. The van der Waals surface area contributed by atoms with Gasteiger partial charge in [-0.25, -0.2) is 0 Å². The summed E-state index contributed by atoms with van der Waals surface area (Å²) in [7, 11) is 0. The third kappa shape index (κ3) is 1.80. The van der Waals surface area contributed by atoms with Crippen LogP contribution < -0.4 is 0 Å². The average molecular weight is 190 g/mol. The lowest BCUT2D eigenvalue weighted by molar-refractivity contribution is 0.535. The van der Waals surface area contributed by atoms with E-state index in [1.54, 1.807) is 5.57 Å². The van der Waals surface area contributed by atoms with E-state index in [0.717, 1.165) is 23.7 Å². The van der Waals surface area contributed by atoms with Crippen LogP contribution in [0.4, 0.5) is 0 Å². The molecular weight excluding hydrogens is 168 g/mol. The minimum atomic E-state index is 0.776. The summed E-state index contributed by atoms with van der Waals surface area (Å²) in [6.45, 7) is 6.93. The van der Waals surface area contributed by atoms with Crippen LogP contribution >= 0.6 is 0 Å². The summed E-state index contributed by atoms with van der Waals surface area (Å²) >= 11 is 0. The number of allylic oxidation sites excluding steroid dienone is 4. The molecule has 0 aliphatic heterocycles. The van der Waals surface area contributed by atoms with Crippen molar-refractivity contribution in [2.45, 2.75) is 40.0 Å². The molecule has 0 heteroatoms. The van der Waals surface area contributed by atoms with Crippen molar-refractivity contribution >= 4 is 0 Å². The Morgan fingerprint density at radius 3 is 2.71 bits per heavy atom. The molecule has 0 heterocycles. The van der Waals surface area contributed by atoms with E-state index in [2.05, 4.69) is 39.0 Å². The van der Waals surface area contributed by atoms with Crippen LogP contribution in [-0.4, -0.2) is 0 Å². The number of rotatable bonds is 3. The fourth-order valence-corrected chi connectivity index (χ4v) is 2.84. The van der Waals surface area contributed by atoms with Crippen molar-refractivity contribution < 1.29 is 0 Å². The Balaban J connectivity index is 2.00. The van der Waals surface area contributed by atoms with Gasteiger partial charge in [0.25, 0.3) is 0 Å². The van der Waals surface area contributed by atoms with Crippen LogP contribution in [0.1, 0.15) is 40.0 Å². The van der Waals surface area contributed by atoms with E-state index in [0.29, 0.717) is 0 Å². The van der Waals surface area contributed by atoms with Gasteiger partial charge in [0.15, 0.2) is 0 Å². The molecule has 0 saturated heterocycles. The van der Waals surface area contributed by atoms with E-state index >= 15 is 0 Å². The lowest BCUT2D eigenvalue weighted by atomic mass is 9.88. The summed E-state index contributed by atoms with van der Waals surface area (Å²) in [5.41, 5.74) is 1.61. The van der Waals surface area contributed by atoms with E-state index in [-0.39, 0.29) is 0 Å². The van der Waals surface area contributed by atoms with Crippen molar-refractivity contribution in [3.63, 3.8) is 0 Å². The second kappa shape index (κ2) is 3.92. The Hall–Kier alpha value is -0.520. The molecule has 2 rings (SSSR count). The molecule has 2 aliphatic carbocycles. The highest BCUT2D eigenvalue weighted by Gasteiger charge is 2.34. The van der Waals surface area contributed by atoms with Crippen LogP contribution in [0, 0.1) is 23.7 Å². The maximum atomic E-state index is 2.56. The Labute approximate surface area is 88.1 Å². The maximum absolute atomic E-state index is 2.56. The first-order valence-corrected chi connectivity index (χ1v) is 6.07. The molecular formula is C14H22. The summed E-state index contributed by atoms with van der Waals surface area (Å²) < 4.78 is 0. The van der Waals surface area contributed by atoms with Gasteiger partial charge in [0.2, 0.25) is 0 Å². The van der Waals surface area contributed by atoms with Crippen LogP contribution in [-0.2, 0) is 0 Å². The maximum Gasteiger partial charge on any atom is -0.0162 e. The van der Waals surface area contributed by atoms with Gasteiger partial charge < -0.3 is 0 Å². The Kier molecular flexibility index (Phi) is 2.80. The molecule has 0 aromatic carbocycles. The highest BCUT2D eigenvalue weighted by Crippen LogP contribution is 2.44. The van der Waals surface area contributed by atoms with E-state index < -0.39 is 0 Å². The van der Waals surface area contributed by atoms with E-state index in [1.165, 1.54) is 19.3 Å². The zero-order valence-electron chi connectivity index (χ0n) is 9.66. The third-order valence-corrected chi connectivity index (χ3v) is 4.20. The molecule has 0 amide bonds. The topological polar surface area (TPSA) is 0 Å². The van der Waals surface area contributed by atoms with Crippen LogP contribution in [0.5, 0.6) is 0 Å². The summed E-state index contributed by atoms with van der Waals surface area (Å²) in [5.74, 6) is 3.42. The summed E-state index contributed by atoms with van der Waals surface area (Å²) in [4.78, 5) is 0. The average Bonchev–Trinajstić information content (AvgIpc) is 2.77. The largest absolute Gasteiger partial charge is 0.0851 e. The van der Waals surface area contributed by atoms with Crippen molar-refractivity contribution in [3.05, 3.63) is 23.8 Å². The zero-order valence-corrected chi connectivity index (χ0v) is 9.66. The van der Waals surface area contributed by atoms with Gasteiger partial charge in [-0.15, -0.1) is 0 Å². The standard InChI is InChI=1S/C14H22/c1-4-10(2)11(3)7-14-9-12-5-6-13(14)8-12/h5-7,10,12-14H,4,8-9H2,1-3H3/b11-7+. The van der Waals surface area contributed by atoms with Crippen molar-refractivity contribution in [3.8, 4) is 0 Å². The molecule has 1 fully saturated rings. The molecule has 2 bridgehead atoms. The zero-order chi connectivity index (χ0) is 10.1. The molecule has 0 aromatic rings. The van der Waals surface area contributed by atoms with Gasteiger partial charge >= 0.3 is 0 Å². The Bertz CT molecular complexity index is 259. The first-order chi connectivity index (χ1) is 6.70. The first kappa shape index (κ1) is 10.0. The summed E-state index contributed by atoms with van der Waals surface area (Å²) in [5, 5.41) is 0. The minimum absolute atomic E-state index is 0.776. The van der Waals surface area contributed by atoms with Crippen LogP contribution in [0.2, 0.25) is 0 Å². The molecule has 78 valence electrons. The normalized spacial score (nSPS) is 37.9. The van der Waals surface area contributed by atoms with Crippen LogP contribution in [0.25, 0.3) is 0 Å². The van der Waals surface area contributed by atoms with E-state index in [1.807, 2.05) is 0 Å². The predicted molar refractivity (Wildman–Crippen MR) is 62.1 cm³/mol. The van der Waals surface area contributed by atoms with Crippen LogP contribution in [0.3, 0.4) is 0 Å². The van der Waals surface area contributed by atoms with Gasteiger partial charge in [-0.3, -0.25) is 0 Å². The number of hydrogen-bond donors (Lipinski definition) is 0. The fourth-order valence-electron chi connectivity index (χ4n) is 2.84. The lowest BCUT2D eigenvalue weighted by Gasteiger charge is -2.17.